The van der Waals surface area contributed by atoms with Crippen molar-refractivity contribution in [3.63, 3.8) is 0 Å². The maximum Gasteiger partial charge on any atom is 0.351 e. The van der Waals surface area contributed by atoms with Gasteiger partial charge in [0, 0.05) is 23.3 Å². The highest BCUT2D eigenvalue weighted by molar-refractivity contribution is 5.99. The molecule has 1 aliphatic rings. The van der Waals surface area contributed by atoms with E-state index >= 15 is 0 Å². The van der Waals surface area contributed by atoms with Crippen LogP contribution in [-0.4, -0.2) is 26.4 Å². The maximum absolute atomic E-state index is 13.1. The molecule has 186 valence electrons. The van der Waals surface area contributed by atoms with Crippen LogP contribution in [0.15, 0.2) is 47.1 Å². The molecule has 35 heavy (non-hydrogen) atoms. The van der Waals surface area contributed by atoms with Gasteiger partial charge in [-0.15, -0.1) is 0 Å². The summed E-state index contributed by atoms with van der Waals surface area (Å²) in [5.41, 5.74) is 3.38. The average molecular weight is 481 g/mol. The molecule has 1 aliphatic heterocycles. The van der Waals surface area contributed by atoms with Gasteiger partial charge in [0.25, 0.3) is 0 Å². The fourth-order valence-electron chi connectivity index (χ4n) is 3.73. The molecule has 0 atom stereocenters. The predicted molar refractivity (Wildman–Crippen MR) is 134 cm³/mol. The van der Waals surface area contributed by atoms with Gasteiger partial charge in [-0.3, -0.25) is 0 Å². The molecular weight excluding hydrogens is 448 g/mol. The second kappa shape index (κ2) is 10.6. The second-order valence-corrected chi connectivity index (χ2v) is 9.20. The first-order chi connectivity index (χ1) is 16.5. The zero-order valence-corrected chi connectivity index (χ0v) is 20.7. The van der Waals surface area contributed by atoms with E-state index in [1.54, 1.807) is 6.08 Å². The van der Waals surface area contributed by atoms with Crippen LogP contribution in [0.25, 0.3) is 0 Å². The zero-order chi connectivity index (χ0) is 25.9. The number of carbonyl (C=O) groups is 1. The second-order valence-electron chi connectivity index (χ2n) is 9.20. The minimum atomic E-state index is -0.898. The highest BCUT2D eigenvalue weighted by atomic mass is 16.6. The monoisotopic (exact) mass is 480 g/mol. The number of benzene rings is 2. The lowest BCUT2D eigenvalue weighted by molar-refractivity contribution is 0.0732. The molecule has 1 heterocycles. The maximum atomic E-state index is 13.1. The Labute approximate surface area is 205 Å². The summed E-state index contributed by atoms with van der Waals surface area (Å²) in [5.74, 6) is -2.64. The van der Waals surface area contributed by atoms with Gasteiger partial charge in [0.15, 0.2) is 23.0 Å². The summed E-state index contributed by atoms with van der Waals surface area (Å²) in [6, 6.07) is 2.37. The Bertz CT molecular complexity index is 1240. The van der Waals surface area contributed by atoms with Crippen molar-refractivity contribution >= 4 is 5.97 Å². The van der Waals surface area contributed by atoms with E-state index in [2.05, 4.69) is 6.08 Å². The van der Waals surface area contributed by atoms with Gasteiger partial charge in [0.05, 0.1) is 0 Å². The predicted octanol–water partition coefficient (Wildman–Crippen LogP) is 6.58. The van der Waals surface area contributed by atoms with E-state index < -0.39 is 23.2 Å². The number of ether oxygens (including phenoxy) is 2. The minimum absolute atomic E-state index is 0.0221. The van der Waals surface area contributed by atoms with Gasteiger partial charge in [0.2, 0.25) is 0 Å². The first-order valence-electron chi connectivity index (χ1n) is 11.5. The highest BCUT2D eigenvalue weighted by Crippen LogP contribution is 2.50. The third-order valence-corrected chi connectivity index (χ3v) is 5.72. The molecule has 2 aromatic rings. The van der Waals surface area contributed by atoms with Gasteiger partial charge < -0.3 is 29.9 Å². The molecule has 3 rings (SSSR count). The molecule has 0 aromatic heterocycles. The van der Waals surface area contributed by atoms with Crippen molar-refractivity contribution in [2.45, 2.75) is 60.3 Å². The van der Waals surface area contributed by atoms with Crippen molar-refractivity contribution in [1.82, 2.24) is 0 Å². The molecule has 0 amide bonds. The number of aromatic hydroxyl groups is 4. The summed E-state index contributed by atoms with van der Waals surface area (Å²) in [7, 11) is 0. The van der Waals surface area contributed by atoms with E-state index in [1.165, 1.54) is 11.6 Å². The lowest BCUT2D eigenvalue weighted by Crippen LogP contribution is -2.10. The third-order valence-electron chi connectivity index (χ3n) is 5.72. The van der Waals surface area contributed by atoms with Gasteiger partial charge in [-0.25, -0.2) is 4.79 Å². The quantitative estimate of drug-likeness (QED) is 0.153. The summed E-state index contributed by atoms with van der Waals surface area (Å²) in [4.78, 5) is 13.1. The number of hydrogen-bond acceptors (Lipinski definition) is 7. The van der Waals surface area contributed by atoms with E-state index in [0.717, 1.165) is 30.1 Å². The summed E-state index contributed by atoms with van der Waals surface area (Å²) in [6.07, 6.45) is 7.94. The molecule has 0 spiro atoms. The largest absolute Gasteiger partial charge is 0.507 e. The van der Waals surface area contributed by atoms with E-state index in [1.807, 2.05) is 40.7 Å². The SMILES string of the molecule is CC(C)=CCC/C(C)=C/Cc1c(O)cc2c(c1O)C(=O)Oc1c(cc(O)c(O)c1CC=C(C)C)O2. The standard InChI is InChI=1S/C28H32O7/c1-15(2)7-6-8-17(5)10-12-18-20(29)13-22-24(26(18)32)28(33)35-27-19(11-9-16(3)4)25(31)21(30)14-23(27)34-22/h7,9-10,13-14,29-32H,6,8,11-12H2,1-5H3/b17-10+. The van der Waals surface area contributed by atoms with Crippen molar-refractivity contribution in [2.24, 2.45) is 0 Å². The van der Waals surface area contributed by atoms with E-state index in [9.17, 15) is 25.2 Å². The van der Waals surface area contributed by atoms with Gasteiger partial charge in [-0.2, -0.15) is 0 Å². The van der Waals surface area contributed by atoms with Crippen LogP contribution in [0.5, 0.6) is 40.2 Å². The number of phenolic OH excluding ortho intramolecular Hbond substituents is 4. The number of hydrogen-bond donors (Lipinski definition) is 4. The molecule has 0 bridgehead atoms. The van der Waals surface area contributed by atoms with Gasteiger partial charge in [-0.1, -0.05) is 34.9 Å². The summed E-state index contributed by atoms with van der Waals surface area (Å²) in [5, 5.41) is 42.1. The van der Waals surface area contributed by atoms with Crippen LogP contribution in [0.3, 0.4) is 0 Å². The molecule has 0 saturated carbocycles. The first kappa shape index (κ1) is 25.7. The van der Waals surface area contributed by atoms with Crippen LogP contribution in [0.2, 0.25) is 0 Å². The number of fused-ring (bicyclic) bond motifs is 2. The molecule has 2 aromatic carbocycles. The minimum Gasteiger partial charge on any atom is -0.507 e. The molecule has 7 heteroatoms. The van der Waals surface area contributed by atoms with Crippen molar-refractivity contribution in [2.75, 3.05) is 0 Å². The van der Waals surface area contributed by atoms with Gasteiger partial charge in [0.1, 0.15) is 22.8 Å². The topological polar surface area (TPSA) is 116 Å². The van der Waals surface area contributed by atoms with Crippen molar-refractivity contribution in [3.05, 3.63) is 63.8 Å². The molecule has 0 radical (unpaired) electrons. The zero-order valence-electron chi connectivity index (χ0n) is 20.7. The Morgan fingerprint density at radius 2 is 1.40 bits per heavy atom. The average Bonchev–Trinajstić information content (AvgIpc) is 2.89. The number of carbonyl (C=O) groups excluding carboxylic acids is 1. The Morgan fingerprint density at radius 3 is 2.06 bits per heavy atom. The van der Waals surface area contributed by atoms with Crippen molar-refractivity contribution in [3.8, 4) is 40.2 Å². The highest BCUT2D eigenvalue weighted by Gasteiger charge is 2.32. The van der Waals surface area contributed by atoms with Crippen LogP contribution in [0.4, 0.5) is 0 Å². The summed E-state index contributed by atoms with van der Waals surface area (Å²) >= 11 is 0. The van der Waals surface area contributed by atoms with Gasteiger partial charge in [-0.05, 0) is 60.3 Å². The lowest BCUT2D eigenvalue weighted by Gasteiger charge is -2.14. The van der Waals surface area contributed by atoms with E-state index in [-0.39, 0.29) is 52.5 Å². The van der Waals surface area contributed by atoms with Crippen LogP contribution >= 0.6 is 0 Å². The van der Waals surface area contributed by atoms with Crippen LogP contribution in [0.1, 0.15) is 68.9 Å². The lowest BCUT2D eigenvalue weighted by atomic mass is 10.0. The Balaban J connectivity index is 2.00. The van der Waals surface area contributed by atoms with Crippen LogP contribution < -0.4 is 9.47 Å². The third kappa shape index (κ3) is 5.80. The molecule has 0 fully saturated rings. The molecule has 0 unspecified atom stereocenters. The molecule has 4 N–H and O–H groups in total. The summed E-state index contributed by atoms with van der Waals surface area (Å²) < 4.78 is 11.3. The Morgan fingerprint density at radius 1 is 0.771 bits per heavy atom. The first-order valence-corrected chi connectivity index (χ1v) is 11.5. The van der Waals surface area contributed by atoms with Crippen molar-refractivity contribution in [1.29, 1.82) is 0 Å². The van der Waals surface area contributed by atoms with E-state index in [0.29, 0.717) is 0 Å². The normalized spacial score (nSPS) is 12.6. The van der Waals surface area contributed by atoms with Gasteiger partial charge >= 0.3 is 5.97 Å². The fourth-order valence-corrected chi connectivity index (χ4v) is 3.73. The molecule has 0 saturated heterocycles. The van der Waals surface area contributed by atoms with E-state index in [4.69, 9.17) is 9.47 Å². The fraction of sp³-hybridized carbons (Fsp3) is 0.321. The number of rotatable bonds is 7. The van der Waals surface area contributed by atoms with Crippen LogP contribution in [0, 0.1) is 0 Å². The molecule has 7 nitrogen and oxygen atoms in total. The van der Waals surface area contributed by atoms with Crippen molar-refractivity contribution < 1.29 is 34.7 Å². The molecular formula is C28H32O7. The van der Waals surface area contributed by atoms with Crippen LogP contribution in [-0.2, 0) is 12.8 Å². The number of esters is 1. The Hall–Kier alpha value is -3.87. The molecule has 0 aliphatic carbocycles. The summed E-state index contributed by atoms with van der Waals surface area (Å²) in [6.45, 7) is 9.79. The number of phenols is 4. The number of allylic oxidation sites excluding steroid dienone is 6. The Kier molecular flexibility index (Phi) is 7.79. The smallest absolute Gasteiger partial charge is 0.351 e.